The fourth-order valence-corrected chi connectivity index (χ4v) is 12.4. The Hall–Kier alpha value is -6.76. The van der Waals surface area contributed by atoms with Gasteiger partial charge < -0.3 is 20.5 Å². The molecule has 2 amide bonds. The van der Waals surface area contributed by atoms with Gasteiger partial charge in [-0.1, -0.05) is 142 Å². The molecule has 0 aliphatic carbocycles. The molecule has 4 atom stereocenters. The number of nitrogens with zero attached hydrogens (tertiary/aromatic N) is 2. The number of carboxylic acid groups (broad SMARTS) is 1. The van der Waals surface area contributed by atoms with E-state index in [-0.39, 0.29) is 67.6 Å². The largest absolute Gasteiger partial charge is 0.481 e. The maximum absolute atomic E-state index is 12.7. The van der Waals surface area contributed by atoms with Crippen molar-refractivity contribution in [2.45, 2.75) is 103 Å². The topological polar surface area (TPSA) is 128 Å². The predicted octanol–water partition coefficient (Wildman–Crippen LogP) is 16.0. The molecule has 0 unspecified atom stereocenters. The molecule has 3 N–H and O–H groups in total. The number of aryl methyl sites for hydroxylation is 2. The van der Waals surface area contributed by atoms with E-state index in [9.17, 15) is 19.2 Å². The molecule has 0 aromatic heterocycles. The fourth-order valence-electron chi connectivity index (χ4n) is 11.3. The van der Waals surface area contributed by atoms with Gasteiger partial charge in [-0.3, -0.25) is 29.0 Å². The number of nitrogens with one attached hydrogen (secondary N) is 2. The Balaban J connectivity index is 0.000000198. The zero-order valence-corrected chi connectivity index (χ0v) is 49.8. The summed E-state index contributed by atoms with van der Waals surface area (Å²) in [7, 11) is 0. The highest BCUT2D eigenvalue weighted by Crippen LogP contribution is 2.45. The van der Waals surface area contributed by atoms with Gasteiger partial charge in [0.15, 0.2) is 0 Å². The van der Waals surface area contributed by atoms with Gasteiger partial charge in [0.25, 0.3) is 11.8 Å². The molecule has 8 aromatic carbocycles. The number of likely N-dealkylation sites (tertiary alicyclic amines) is 2. The van der Waals surface area contributed by atoms with Crippen molar-refractivity contribution in [3.8, 4) is 0 Å². The number of fused-ring (bicyclic) bond motifs is 2. The third-order valence-corrected chi connectivity index (χ3v) is 16.1. The van der Waals surface area contributed by atoms with Gasteiger partial charge in [0.1, 0.15) is 5.60 Å². The summed E-state index contributed by atoms with van der Waals surface area (Å²) in [6.07, 6.45) is 1.92. The number of amides is 2. The number of benzene rings is 8. The van der Waals surface area contributed by atoms with Gasteiger partial charge in [-0.15, -0.1) is 0 Å². The number of halogens is 4. The van der Waals surface area contributed by atoms with Crippen LogP contribution in [-0.4, -0.2) is 70.4 Å². The van der Waals surface area contributed by atoms with E-state index >= 15 is 0 Å². The third-order valence-electron chi connectivity index (χ3n) is 15.2. The smallest absolute Gasteiger partial charge is 0.308 e. The third kappa shape index (κ3) is 16.1. The van der Waals surface area contributed by atoms with Crippen LogP contribution >= 0.6 is 46.4 Å². The summed E-state index contributed by atoms with van der Waals surface area (Å²) in [5, 5.41) is 21.8. The summed E-state index contributed by atoms with van der Waals surface area (Å²) in [6, 6.07) is 53.9. The van der Waals surface area contributed by atoms with Crippen LogP contribution in [-0.2, 0) is 27.4 Å². The van der Waals surface area contributed by atoms with E-state index < -0.39 is 11.6 Å². The van der Waals surface area contributed by atoms with Crippen molar-refractivity contribution in [1.82, 2.24) is 20.4 Å². The first-order chi connectivity index (χ1) is 39.2. The zero-order chi connectivity index (χ0) is 58.2. The average molecular weight is 1180 g/mol. The van der Waals surface area contributed by atoms with Crippen LogP contribution in [0.2, 0.25) is 20.1 Å². The summed E-state index contributed by atoms with van der Waals surface area (Å²) in [5.74, 6) is -1.19. The van der Waals surface area contributed by atoms with Crippen molar-refractivity contribution >= 4 is 91.7 Å². The van der Waals surface area contributed by atoms with Crippen molar-refractivity contribution in [1.29, 1.82) is 0 Å². The van der Waals surface area contributed by atoms with Crippen LogP contribution in [0.5, 0.6) is 0 Å². The van der Waals surface area contributed by atoms with E-state index in [0.717, 1.165) is 61.3 Å². The lowest BCUT2D eigenvalue weighted by Crippen LogP contribution is -2.29. The Morgan fingerprint density at radius 2 is 0.878 bits per heavy atom. The van der Waals surface area contributed by atoms with Gasteiger partial charge in [0.05, 0.1) is 12.8 Å². The Morgan fingerprint density at radius 1 is 0.500 bits per heavy atom. The normalized spacial score (nSPS) is 17.3. The molecule has 14 heteroatoms. The maximum atomic E-state index is 12.7. The number of aliphatic carboxylic acids is 1. The van der Waals surface area contributed by atoms with E-state index in [0.29, 0.717) is 31.2 Å². The van der Waals surface area contributed by atoms with Crippen molar-refractivity contribution in [3.63, 3.8) is 0 Å². The molecular weight excluding hydrogens is 1110 g/mol. The lowest BCUT2D eigenvalue weighted by atomic mass is 9.93. The van der Waals surface area contributed by atoms with Crippen LogP contribution in [0.15, 0.2) is 158 Å². The highest BCUT2D eigenvalue weighted by atomic mass is 35.5. The molecule has 0 saturated carbocycles. The van der Waals surface area contributed by atoms with Crippen LogP contribution in [0, 0.1) is 13.8 Å². The second-order valence-corrected chi connectivity index (χ2v) is 24.5. The molecule has 0 spiro atoms. The lowest BCUT2D eigenvalue weighted by molar-refractivity contribution is -0.154. The van der Waals surface area contributed by atoms with Crippen molar-refractivity contribution in [3.05, 3.63) is 233 Å². The first-order valence-electron chi connectivity index (χ1n) is 27.8. The van der Waals surface area contributed by atoms with E-state index in [1.165, 1.54) is 43.8 Å². The molecule has 2 aliphatic heterocycles. The fraction of sp³-hybridized carbons (Fsp3) is 0.294. The number of carbonyl (C=O) groups excluding carboxylic acids is 3. The van der Waals surface area contributed by atoms with Gasteiger partial charge in [-0.25, -0.2) is 0 Å². The molecule has 2 heterocycles. The van der Waals surface area contributed by atoms with Crippen molar-refractivity contribution in [2.75, 3.05) is 26.2 Å². The first-order valence-corrected chi connectivity index (χ1v) is 29.3. The van der Waals surface area contributed by atoms with Crippen LogP contribution in [0.3, 0.4) is 0 Å². The number of hydrogen-bond donors (Lipinski definition) is 3. The highest BCUT2D eigenvalue weighted by Gasteiger charge is 2.36. The standard InChI is InChI=1S/C36H38Cl2N2O3.C32H30Cl2N2O3/c1-23-5-8-27-16-28(12-11-26(27)15-23)33-19-30(29-17-31(37)20-32(38)18-29)22-40(33)21-24-6-9-25(10-7-24)35(42)39-14-13-34(41)43-36(2,3)4;1-20-2-5-24-13-25(9-8-23(24)12-20)30-16-27(26-14-28(33)17-29(34)15-26)19-36(30)18-21-3-6-22(7-4-21)32(39)35-11-10-31(37)38/h5-12,15-18,20,30,33H,13-14,19,21-22H2,1-4H3,(H,39,42);2-9,12-15,17,27,30H,10-11,16,18-19H2,1H3,(H,35,39)(H,37,38)/t30-,33-;27-,30-/m11/s1. The first kappa shape index (κ1) is 59.8. The molecule has 424 valence electrons. The Bertz CT molecular complexity index is 3580. The van der Waals surface area contributed by atoms with Crippen molar-refractivity contribution in [2.24, 2.45) is 0 Å². The van der Waals surface area contributed by atoms with E-state index in [4.69, 9.17) is 56.2 Å². The summed E-state index contributed by atoms with van der Waals surface area (Å²) >= 11 is 25.5. The number of ether oxygens (including phenoxy) is 1. The Labute approximate surface area is 500 Å². The highest BCUT2D eigenvalue weighted by molar-refractivity contribution is 6.35. The molecule has 8 aromatic rings. The molecule has 82 heavy (non-hydrogen) atoms. The average Bonchev–Trinajstić information content (AvgIpc) is 4.05. The van der Waals surface area contributed by atoms with Gasteiger partial charge in [0, 0.05) is 82.6 Å². The molecule has 2 fully saturated rings. The predicted molar refractivity (Wildman–Crippen MR) is 332 cm³/mol. The quantitative estimate of drug-likeness (QED) is 0.0816. The van der Waals surface area contributed by atoms with Gasteiger partial charge in [-0.05, 0) is 187 Å². The monoisotopic (exact) mass is 1180 g/mol. The van der Waals surface area contributed by atoms with Gasteiger partial charge in [0.2, 0.25) is 0 Å². The summed E-state index contributed by atoms with van der Waals surface area (Å²) in [6.45, 7) is 13.2. The maximum Gasteiger partial charge on any atom is 0.308 e. The van der Waals surface area contributed by atoms with Crippen molar-refractivity contribution < 1.29 is 29.0 Å². The van der Waals surface area contributed by atoms with E-state index in [2.05, 4.69) is 107 Å². The number of carbonyl (C=O) groups is 4. The molecule has 2 aliphatic rings. The van der Waals surface area contributed by atoms with Gasteiger partial charge in [-0.2, -0.15) is 0 Å². The summed E-state index contributed by atoms with van der Waals surface area (Å²) < 4.78 is 5.31. The zero-order valence-electron chi connectivity index (χ0n) is 46.8. The molecule has 0 radical (unpaired) electrons. The van der Waals surface area contributed by atoms with E-state index in [1.54, 1.807) is 24.3 Å². The number of rotatable bonds is 16. The second-order valence-electron chi connectivity index (χ2n) is 22.8. The number of esters is 1. The van der Waals surface area contributed by atoms with Gasteiger partial charge >= 0.3 is 11.9 Å². The molecule has 0 bridgehead atoms. The Morgan fingerprint density at radius 3 is 1.27 bits per heavy atom. The van der Waals surface area contributed by atoms with Crippen LogP contribution < -0.4 is 10.6 Å². The Kier molecular flexibility index (Phi) is 19.5. The minimum Gasteiger partial charge on any atom is -0.481 e. The molecule has 10 nitrogen and oxygen atoms in total. The molecule has 2 saturated heterocycles. The lowest BCUT2D eigenvalue weighted by Gasteiger charge is -2.25. The van der Waals surface area contributed by atoms with Crippen LogP contribution in [0.1, 0.15) is 136 Å². The number of hydrogen-bond acceptors (Lipinski definition) is 7. The number of carboxylic acids is 1. The minimum atomic E-state index is -0.939. The van der Waals surface area contributed by atoms with Crippen LogP contribution in [0.4, 0.5) is 0 Å². The molecular formula is C68H68Cl4N4O6. The SMILES string of the molecule is Cc1ccc2cc([C@H]3C[C@@H](c4cc(Cl)cc(Cl)c4)CN3Cc3ccc(C(=O)NCCC(=O)O)cc3)ccc2c1.Cc1ccc2cc([C@H]3C[C@@H](c4cc(Cl)cc(Cl)c4)CN3Cc3ccc(C(=O)NCCC(=O)OC(C)(C)C)cc3)ccc2c1. The summed E-state index contributed by atoms with van der Waals surface area (Å²) in [5.41, 5.74) is 10.1. The minimum absolute atomic E-state index is 0.103. The second kappa shape index (κ2) is 26.7. The molecule has 10 rings (SSSR count). The van der Waals surface area contributed by atoms with E-state index in [1.807, 2.05) is 81.4 Å². The van der Waals surface area contributed by atoms with Crippen LogP contribution in [0.25, 0.3) is 21.5 Å². The summed E-state index contributed by atoms with van der Waals surface area (Å²) in [4.78, 5) is 52.7.